The minimum atomic E-state index is 0.00235. The molecular weight excluding hydrogens is 318 g/mol. The third-order valence-corrected chi connectivity index (χ3v) is 5.35. The van der Waals surface area contributed by atoms with Crippen molar-refractivity contribution < 1.29 is 4.79 Å². The van der Waals surface area contributed by atoms with Crippen molar-refractivity contribution in [3.63, 3.8) is 0 Å². The molecule has 1 aliphatic carbocycles. The third-order valence-electron chi connectivity index (χ3n) is 5.35. The van der Waals surface area contributed by atoms with E-state index in [4.69, 9.17) is 0 Å². The van der Waals surface area contributed by atoms with Gasteiger partial charge in [0.25, 0.3) is 5.91 Å². The highest BCUT2D eigenvalue weighted by atomic mass is 16.1. The first-order valence-electron chi connectivity index (χ1n) is 9.25. The van der Waals surface area contributed by atoms with Gasteiger partial charge in [0, 0.05) is 12.1 Å². The van der Waals surface area contributed by atoms with Crippen LogP contribution in [0.3, 0.4) is 0 Å². The van der Waals surface area contributed by atoms with Crippen LogP contribution < -0.4 is 5.32 Å². The highest BCUT2D eigenvalue weighted by molar-refractivity contribution is 5.94. The van der Waals surface area contributed by atoms with Gasteiger partial charge in [-0.3, -0.25) is 4.79 Å². The second-order valence-corrected chi connectivity index (χ2v) is 7.13. The number of fused-ring (bicyclic) bond motifs is 2. The van der Waals surface area contributed by atoms with Crippen LogP contribution in [0.25, 0.3) is 16.8 Å². The first-order valence-corrected chi connectivity index (χ1v) is 9.25. The highest BCUT2D eigenvalue weighted by Gasteiger charge is 2.23. The van der Waals surface area contributed by atoms with Crippen LogP contribution in [0.2, 0.25) is 0 Å². The molecule has 0 fully saturated rings. The van der Waals surface area contributed by atoms with Gasteiger partial charge in [0.15, 0.2) is 0 Å². The summed E-state index contributed by atoms with van der Waals surface area (Å²) in [6.45, 7) is 2.91. The van der Waals surface area contributed by atoms with Crippen LogP contribution in [0.4, 0.5) is 0 Å². The Hall–Kier alpha value is -2.87. The summed E-state index contributed by atoms with van der Waals surface area (Å²) in [5.41, 5.74) is 3.42. The second kappa shape index (κ2) is 7.17. The molecule has 0 aliphatic heterocycles. The Morgan fingerprint density at radius 2 is 1.73 bits per heavy atom. The number of carbonyl (C=O) groups excluding carboxylic acids is 1. The molecule has 0 spiro atoms. The van der Waals surface area contributed by atoms with Crippen molar-refractivity contribution in [3.05, 3.63) is 89.5 Å². The summed E-state index contributed by atoms with van der Waals surface area (Å²) in [6.07, 6.45) is 5.51. The van der Waals surface area contributed by atoms with Crippen molar-refractivity contribution in [3.8, 4) is 0 Å². The molecule has 1 amide bonds. The molecule has 0 bridgehead atoms. The number of hydrogen-bond acceptors (Lipinski definition) is 1. The fourth-order valence-electron chi connectivity index (χ4n) is 3.84. The molecule has 0 saturated heterocycles. The Balaban J connectivity index is 1.52. The zero-order chi connectivity index (χ0) is 17.9. The van der Waals surface area contributed by atoms with E-state index in [1.165, 1.54) is 21.9 Å². The second-order valence-electron chi connectivity index (χ2n) is 7.13. The van der Waals surface area contributed by atoms with Crippen LogP contribution in [0.1, 0.15) is 40.7 Å². The summed E-state index contributed by atoms with van der Waals surface area (Å²) in [4.78, 5) is 12.3. The lowest BCUT2D eigenvalue weighted by molar-refractivity contribution is 0.0946. The summed E-state index contributed by atoms with van der Waals surface area (Å²) in [5, 5.41) is 5.66. The van der Waals surface area contributed by atoms with Gasteiger partial charge in [-0.25, -0.2) is 0 Å². The van der Waals surface area contributed by atoms with Gasteiger partial charge in [0.1, 0.15) is 0 Å². The number of allylic oxidation sites excluding steroid dienone is 1. The van der Waals surface area contributed by atoms with Crippen LogP contribution in [-0.4, -0.2) is 12.5 Å². The number of hydrogen-bond donors (Lipinski definition) is 1. The van der Waals surface area contributed by atoms with Gasteiger partial charge in [-0.1, -0.05) is 67.6 Å². The number of benzene rings is 3. The number of amides is 1. The maximum atomic E-state index is 12.3. The van der Waals surface area contributed by atoms with Gasteiger partial charge < -0.3 is 5.32 Å². The van der Waals surface area contributed by atoms with Crippen molar-refractivity contribution in [1.29, 1.82) is 0 Å². The quantitative estimate of drug-likeness (QED) is 0.676. The van der Waals surface area contributed by atoms with Crippen LogP contribution >= 0.6 is 0 Å². The van der Waals surface area contributed by atoms with Crippen molar-refractivity contribution in [2.24, 2.45) is 5.92 Å². The fourth-order valence-corrected chi connectivity index (χ4v) is 3.84. The van der Waals surface area contributed by atoms with E-state index in [0.29, 0.717) is 18.4 Å². The number of carbonyl (C=O) groups is 1. The van der Waals surface area contributed by atoms with Gasteiger partial charge in [-0.15, -0.1) is 0 Å². The summed E-state index contributed by atoms with van der Waals surface area (Å²) in [7, 11) is 0. The van der Waals surface area contributed by atoms with E-state index in [1.54, 1.807) is 0 Å². The monoisotopic (exact) mass is 341 g/mol. The molecule has 0 saturated carbocycles. The Morgan fingerprint density at radius 3 is 2.50 bits per heavy atom. The predicted molar refractivity (Wildman–Crippen MR) is 108 cm³/mol. The molecule has 0 aromatic heterocycles. The van der Waals surface area contributed by atoms with E-state index >= 15 is 0 Å². The van der Waals surface area contributed by atoms with E-state index < -0.39 is 0 Å². The standard InChI is InChI=1S/C24H23NO/c1-17(16-25-24(26)18-8-3-2-4-9-18)22-13-7-12-21-14-19-10-5-6-11-20(19)15-23(21)22/h2-12,14-15,17,22H,13,16H2,1H3,(H,25,26). The average molecular weight is 341 g/mol. The van der Waals surface area contributed by atoms with E-state index in [-0.39, 0.29) is 5.91 Å². The molecule has 26 heavy (non-hydrogen) atoms. The Kier molecular flexibility index (Phi) is 4.57. The fraction of sp³-hybridized carbons (Fsp3) is 0.208. The molecular formula is C24H23NO. The summed E-state index contributed by atoms with van der Waals surface area (Å²) < 4.78 is 0. The minimum absolute atomic E-state index is 0.00235. The summed E-state index contributed by atoms with van der Waals surface area (Å²) in [5.74, 6) is 0.797. The molecule has 1 N–H and O–H groups in total. The lowest BCUT2D eigenvalue weighted by Gasteiger charge is -2.28. The van der Waals surface area contributed by atoms with Crippen LogP contribution in [0, 0.1) is 5.92 Å². The maximum Gasteiger partial charge on any atom is 0.251 e. The first kappa shape index (κ1) is 16.6. The molecule has 3 aromatic rings. The Bertz CT molecular complexity index is 958. The van der Waals surface area contributed by atoms with Crippen molar-refractivity contribution in [1.82, 2.24) is 5.32 Å². The van der Waals surface area contributed by atoms with Gasteiger partial charge in [0.05, 0.1) is 0 Å². The predicted octanol–water partition coefficient (Wildman–Crippen LogP) is 5.41. The minimum Gasteiger partial charge on any atom is -0.352 e. The lowest BCUT2D eigenvalue weighted by atomic mass is 9.78. The summed E-state index contributed by atoms with van der Waals surface area (Å²) in [6, 6.07) is 22.5. The SMILES string of the molecule is CC(CNC(=O)c1ccccc1)C1CC=Cc2cc3ccccc3cc21. The highest BCUT2D eigenvalue weighted by Crippen LogP contribution is 2.37. The summed E-state index contributed by atoms with van der Waals surface area (Å²) >= 11 is 0. The van der Waals surface area contributed by atoms with Crippen molar-refractivity contribution in [2.45, 2.75) is 19.3 Å². The molecule has 2 atom stereocenters. The first-order chi connectivity index (χ1) is 12.7. The Morgan fingerprint density at radius 1 is 1.04 bits per heavy atom. The zero-order valence-electron chi connectivity index (χ0n) is 15.0. The van der Waals surface area contributed by atoms with Crippen molar-refractivity contribution in [2.75, 3.05) is 6.54 Å². The van der Waals surface area contributed by atoms with Gasteiger partial charge >= 0.3 is 0 Å². The van der Waals surface area contributed by atoms with Crippen LogP contribution in [0.5, 0.6) is 0 Å². The van der Waals surface area contributed by atoms with Gasteiger partial charge in [-0.05, 0) is 58.4 Å². The van der Waals surface area contributed by atoms with Gasteiger partial charge in [-0.2, -0.15) is 0 Å². The van der Waals surface area contributed by atoms with Gasteiger partial charge in [0.2, 0.25) is 0 Å². The molecule has 1 aliphatic rings. The number of rotatable bonds is 4. The van der Waals surface area contributed by atoms with E-state index in [2.05, 4.69) is 60.8 Å². The number of nitrogens with one attached hydrogen (secondary N) is 1. The van der Waals surface area contributed by atoms with E-state index in [1.807, 2.05) is 30.3 Å². The molecule has 0 heterocycles. The molecule has 130 valence electrons. The average Bonchev–Trinajstić information content (AvgIpc) is 2.70. The van der Waals surface area contributed by atoms with E-state index in [0.717, 1.165) is 12.0 Å². The normalized spacial score (nSPS) is 16.9. The molecule has 4 rings (SSSR count). The molecule has 2 unspecified atom stereocenters. The van der Waals surface area contributed by atoms with Crippen molar-refractivity contribution >= 4 is 22.8 Å². The molecule has 0 radical (unpaired) electrons. The van der Waals surface area contributed by atoms with Crippen LogP contribution in [-0.2, 0) is 0 Å². The molecule has 2 heteroatoms. The molecule has 2 nitrogen and oxygen atoms in total. The zero-order valence-corrected chi connectivity index (χ0v) is 15.0. The maximum absolute atomic E-state index is 12.3. The van der Waals surface area contributed by atoms with E-state index in [9.17, 15) is 4.79 Å². The third kappa shape index (κ3) is 3.28. The lowest BCUT2D eigenvalue weighted by Crippen LogP contribution is -2.31. The Labute approximate surface area is 154 Å². The smallest absolute Gasteiger partial charge is 0.251 e. The van der Waals surface area contributed by atoms with Crippen LogP contribution in [0.15, 0.2) is 72.8 Å². The largest absolute Gasteiger partial charge is 0.352 e. The topological polar surface area (TPSA) is 29.1 Å². The molecule has 3 aromatic carbocycles.